The van der Waals surface area contributed by atoms with E-state index in [1.54, 1.807) is 25.1 Å². The molecule has 1 amide bonds. The van der Waals surface area contributed by atoms with E-state index < -0.39 is 63.2 Å². The Bertz CT molecular complexity index is 1860. The van der Waals surface area contributed by atoms with Crippen molar-refractivity contribution >= 4 is 21.6 Å². The third-order valence-corrected chi connectivity index (χ3v) is 10.6. The highest BCUT2D eigenvalue weighted by Gasteiger charge is 2.39. The van der Waals surface area contributed by atoms with Crippen LogP contribution < -0.4 is 21.1 Å². The van der Waals surface area contributed by atoms with Gasteiger partial charge in [0.2, 0.25) is 15.9 Å². The molecule has 1 heterocycles. The van der Waals surface area contributed by atoms with Gasteiger partial charge in [-0.1, -0.05) is 30.3 Å². The summed E-state index contributed by atoms with van der Waals surface area (Å²) in [4.78, 5) is 13.6. The van der Waals surface area contributed by atoms with Crippen molar-refractivity contribution in [2.24, 2.45) is 5.73 Å². The molecule has 13 heteroatoms. The lowest BCUT2D eigenvalue weighted by Crippen LogP contribution is -2.58. The highest BCUT2D eigenvalue weighted by atomic mass is 32.2. The van der Waals surface area contributed by atoms with Crippen LogP contribution in [0.25, 0.3) is 0 Å². The minimum absolute atomic E-state index is 0.0213. The summed E-state index contributed by atoms with van der Waals surface area (Å²) >= 11 is 0. The Morgan fingerprint density at radius 3 is 2.31 bits per heavy atom. The second kappa shape index (κ2) is 14.9. The zero-order valence-corrected chi connectivity index (χ0v) is 27.1. The number of anilines is 1. The van der Waals surface area contributed by atoms with E-state index in [2.05, 4.69) is 10.6 Å². The molecule has 0 aromatic heterocycles. The fourth-order valence-electron chi connectivity index (χ4n) is 6.25. The second-order valence-corrected chi connectivity index (χ2v) is 13.5. The maximum absolute atomic E-state index is 15.4. The van der Waals surface area contributed by atoms with Gasteiger partial charge >= 0.3 is 0 Å². The molecule has 4 aromatic carbocycles. The Balaban J connectivity index is 1.40. The average molecular weight is 685 g/mol. The number of ether oxygens (including phenoxy) is 1. The van der Waals surface area contributed by atoms with Crippen molar-refractivity contribution < 1.29 is 35.5 Å². The quantitative estimate of drug-likeness (QED) is 0.184. The maximum atomic E-state index is 15.4. The number of benzene rings is 4. The number of sulfonamides is 1. The van der Waals surface area contributed by atoms with E-state index in [0.29, 0.717) is 24.7 Å². The molecule has 4 aromatic rings. The van der Waals surface area contributed by atoms with Crippen molar-refractivity contribution in [3.05, 3.63) is 125 Å². The first kappa shape index (κ1) is 35.0. The number of nitrogens with two attached hydrogens (primary N) is 1. The number of carbonyl (C=O) groups is 1. The number of piperazine rings is 1. The topological polar surface area (TPSA) is 114 Å². The third kappa shape index (κ3) is 7.54. The molecular formula is C35H36F4N4O4S. The number of carbonyl (C=O) groups excluding carboxylic acids is 1. The van der Waals surface area contributed by atoms with Crippen molar-refractivity contribution in [2.75, 3.05) is 25.5 Å². The number of amides is 1. The van der Waals surface area contributed by atoms with Crippen LogP contribution in [0, 0.1) is 23.3 Å². The number of halogens is 4. The highest BCUT2D eigenvalue weighted by Crippen LogP contribution is 2.33. The minimum atomic E-state index is -4.02. The van der Waals surface area contributed by atoms with Gasteiger partial charge in [-0.2, -0.15) is 4.31 Å². The molecule has 0 aliphatic carbocycles. The molecule has 0 bridgehead atoms. The molecule has 4 N–H and O–H groups in total. The van der Waals surface area contributed by atoms with Crippen LogP contribution in [0.2, 0.25) is 0 Å². The standard InChI is InChI=1S/C35H36F4N4O4S/c1-21-19-41-20-27(43(21)48(45,46)32-9-4-3-8-31(32)47-2)14-15-28-29(39)6-5-7-30(28)42-35(44)34(40)33(22-10-12-24(36)13-11-22)23-16-25(37)18-26(38)17-23/h3-13,16-18,21,27,33-34,41H,14-15,19-20,40H2,1-2H3,(H,42,44)/t21-,27+,33+,34+/m1/s1. The fraction of sp³-hybridized carbons (Fsp3) is 0.286. The zero-order chi connectivity index (χ0) is 34.6. The van der Waals surface area contributed by atoms with E-state index in [1.807, 2.05) is 0 Å². The Morgan fingerprint density at radius 1 is 0.938 bits per heavy atom. The lowest BCUT2D eigenvalue weighted by Gasteiger charge is -2.40. The van der Waals surface area contributed by atoms with Gasteiger partial charge in [-0.25, -0.2) is 26.0 Å². The molecule has 0 radical (unpaired) electrons. The molecule has 1 aliphatic heterocycles. The Labute approximate surface area is 277 Å². The van der Waals surface area contributed by atoms with Gasteiger partial charge in [0.05, 0.1) is 13.2 Å². The minimum Gasteiger partial charge on any atom is -0.495 e. The first-order valence-corrected chi connectivity index (χ1v) is 16.8. The highest BCUT2D eigenvalue weighted by molar-refractivity contribution is 7.89. The van der Waals surface area contributed by atoms with Gasteiger partial charge in [-0.3, -0.25) is 4.79 Å². The van der Waals surface area contributed by atoms with Crippen molar-refractivity contribution in [3.8, 4) is 5.75 Å². The molecule has 1 fully saturated rings. The maximum Gasteiger partial charge on any atom is 0.247 e. The molecule has 48 heavy (non-hydrogen) atoms. The van der Waals surface area contributed by atoms with Crippen LogP contribution >= 0.6 is 0 Å². The molecule has 1 saturated heterocycles. The SMILES string of the molecule is COc1ccccc1S(=O)(=O)N1[C@@H](CCc2c(F)cccc2NC(=O)[C@@H](N)[C@@H](c2ccc(F)cc2)c2cc(F)cc(F)c2)CNC[C@H]1C. The summed E-state index contributed by atoms with van der Waals surface area (Å²) in [6.45, 7) is 2.50. The van der Waals surface area contributed by atoms with Crippen molar-refractivity contribution in [1.29, 1.82) is 0 Å². The molecule has 8 nitrogen and oxygen atoms in total. The molecule has 4 atom stereocenters. The van der Waals surface area contributed by atoms with Crippen LogP contribution in [0.4, 0.5) is 23.2 Å². The number of rotatable bonds is 11. The van der Waals surface area contributed by atoms with Gasteiger partial charge in [0.15, 0.2) is 0 Å². The summed E-state index contributed by atoms with van der Waals surface area (Å²) in [5.41, 5.74) is 7.03. The van der Waals surface area contributed by atoms with Crippen LogP contribution in [0.5, 0.6) is 5.75 Å². The Morgan fingerprint density at radius 2 is 1.62 bits per heavy atom. The van der Waals surface area contributed by atoms with Crippen molar-refractivity contribution in [1.82, 2.24) is 9.62 Å². The van der Waals surface area contributed by atoms with Crippen LogP contribution in [-0.2, 0) is 21.2 Å². The molecule has 1 aliphatic rings. The molecular weight excluding hydrogens is 648 g/mol. The first-order chi connectivity index (χ1) is 22.9. The number of hydrogen-bond acceptors (Lipinski definition) is 6. The van der Waals surface area contributed by atoms with E-state index in [-0.39, 0.29) is 40.3 Å². The van der Waals surface area contributed by atoms with Gasteiger partial charge in [0.1, 0.15) is 33.9 Å². The second-order valence-electron chi connectivity index (χ2n) is 11.7. The summed E-state index contributed by atoms with van der Waals surface area (Å²) in [7, 11) is -2.62. The number of hydrogen-bond donors (Lipinski definition) is 3. The van der Waals surface area contributed by atoms with Crippen LogP contribution in [0.1, 0.15) is 36.0 Å². The van der Waals surface area contributed by atoms with Crippen molar-refractivity contribution in [3.63, 3.8) is 0 Å². The lowest BCUT2D eigenvalue weighted by molar-refractivity contribution is -0.117. The van der Waals surface area contributed by atoms with E-state index >= 15 is 4.39 Å². The Hall–Kier alpha value is -4.30. The number of nitrogens with one attached hydrogen (secondary N) is 2. The molecule has 0 spiro atoms. The van der Waals surface area contributed by atoms with Gasteiger partial charge in [0.25, 0.3) is 0 Å². The third-order valence-electron chi connectivity index (χ3n) is 8.48. The van der Waals surface area contributed by atoms with Crippen LogP contribution in [0.3, 0.4) is 0 Å². The summed E-state index contributed by atoms with van der Waals surface area (Å²) < 4.78 is 92.2. The Kier molecular flexibility index (Phi) is 10.8. The van der Waals surface area contributed by atoms with Gasteiger partial charge in [0, 0.05) is 48.4 Å². The normalized spacial score (nSPS) is 18.2. The van der Waals surface area contributed by atoms with E-state index in [1.165, 1.54) is 47.8 Å². The monoisotopic (exact) mass is 684 g/mol. The summed E-state index contributed by atoms with van der Waals surface area (Å²) in [6, 6.07) is 15.8. The molecule has 254 valence electrons. The summed E-state index contributed by atoms with van der Waals surface area (Å²) in [5.74, 6) is -4.61. The molecule has 0 unspecified atom stereocenters. The van der Waals surface area contributed by atoms with Gasteiger partial charge in [-0.15, -0.1) is 0 Å². The summed E-state index contributed by atoms with van der Waals surface area (Å²) in [6.07, 6.45) is 0.243. The van der Waals surface area contributed by atoms with E-state index in [0.717, 1.165) is 24.3 Å². The zero-order valence-electron chi connectivity index (χ0n) is 26.3. The van der Waals surface area contributed by atoms with E-state index in [9.17, 15) is 26.4 Å². The van der Waals surface area contributed by atoms with Gasteiger partial charge in [-0.05, 0) is 79.4 Å². The summed E-state index contributed by atoms with van der Waals surface area (Å²) in [5, 5.41) is 5.90. The molecule has 5 rings (SSSR count). The number of methoxy groups -OCH3 is 1. The van der Waals surface area contributed by atoms with Crippen LogP contribution in [-0.4, -0.2) is 57.0 Å². The fourth-order valence-corrected chi connectivity index (χ4v) is 8.25. The first-order valence-electron chi connectivity index (χ1n) is 15.3. The predicted octanol–water partition coefficient (Wildman–Crippen LogP) is 5.33. The van der Waals surface area contributed by atoms with Gasteiger partial charge < -0.3 is 21.1 Å². The largest absolute Gasteiger partial charge is 0.495 e. The average Bonchev–Trinajstić information content (AvgIpc) is 3.05. The smallest absolute Gasteiger partial charge is 0.247 e. The molecule has 0 saturated carbocycles. The van der Waals surface area contributed by atoms with Crippen LogP contribution in [0.15, 0.2) is 89.8 Å². The number of nitrogens with zero attached hydrogens (tertiary/aromatic N) is 1. The number of para-hydroxylation sites is 1. The van der Waals surface area contributed by atoms with Crippen molar-refractivity contribution in [2.45, 2.75) is 48.7 Å². The lowest BCUT2D eigenvalue weighted by atomic mass is 9.84. The predicted molar refractivity (Wildman–Crippen MR) is 174 cm³/mol. The van der Waals surface area contributed by atoms with E-state index in [4.69, 9.17) is 10.5 Å².